The molecule has 4 rings (SSSR count). The van der Waals surface area contributed by atoms with Crippen molar-refractivity contribution in [2.45, 2.75) is 50.2 Å². The fraction of sp³-hybridized carbons (Fsp3) is 0.611. The van der Waals surface area contributed by atoms with E-state index in [0.29, 0.717) is 19.0 Å². The molecule has 1 N–H and O–H groups in total. The third kappa shape index (κ3) is 2.64. The average molecular weight is 361 g/mol. The minimum atomic E-state index is -1.08. The van der Waals surface area contributed by atoms with Crippen molar-refractivity contribution in [3.05, 3.63) is 23.7 Å². The molecule has 0 amide bonds. The Bertz CT molecular complexity index is 852. The van der Waals surface area contributed by atoms with Crippen LogP contribution in [0.4, 0.5) is 0 Å². The first-order chi connectivity index (χ1) is 12.4. The number of methoxy groups -OCH3 is 1. The minimum absolute atomic E-state index is 0.0236. The largest absolute Gasteiger partial charge is 0.477 e. The summed E-state index contributed by atoms with van der Waals surface area (Å²) in [6, 6.07) is 0. The molecule has 1 aliphatic heterocycles. The van der Waals surface area contributed by atoms with E-state index in [1.807, 2.05) is 20.0 Å². The van der Waals surface area contributed by atoms with Crippen LogP contribution in [-0.4, -0.2) is 57.5 Å². The Morgan fingerprint density at radius 1 is 1.38 bits per heavy atom. The second-order valence-corrected chi connectivity index (χ2v) is 7.63. The lowest BCUT2D eigenvalue weighted by Crippen LogP contribution is -2.32. The van der Waals surface area contributed by atoms with Crippen LogP contribution in [0.15, 0.2) is 12.4 Å². The number of ether oxygens (including phenoxy) is 3. The van der Waals surface area contributed by atoms with E-state index in [1.54, 1.807) is 11.5 Å². The van der Waals surface area contributed by atoms with Gasteiger partial charge in [-0.05, 0) is 33.1 Å². The number of hydrogen-bond donors (Lipinski definition) is 1. The zero-order chi connectivity index (χ0) is 18.5. The summed E-state index contributed by atoms with van der Waals surface area (Å²) in [6.07, 6.45) is 5.97. The predicted molar refractivity (Wildman–Crippen MR) is 91.8 cm³/mol. The number of carboxylic acid groups (broad SMARTS) is 1. The number of carbonyl (C=O) groups is 1. The SMILES string of the molecule is COCC12CCC(c3cn4cc(C(=O)O)c(OC(C)C)nc4n3)(CO1)C2. The van der Waals surface area contributed by atoms with Gasteiger partial charge in [0, 0.05) is 24.9 Å². The monoisotopic (exact) mass is 361 g/mol. The summed E-state index contributed by atoms with van der Waals surface area (Å²) in [4.78, 5) is 20.6. The Balaban J connectivity index is 1.74. The van der Waals surface area contributed by atoms with E-state index < -0.39 is 5.97 Å². The Hall–Kier alpha value is -2.19. The van der Waals surface area contributed by atoms with Crippen molar-refractivity contribution in [2.24, 2.45) is 0 Å². The smallest absolute Gasteiger partial charge is 0.342 e. The van der Waals surface area contributed by atoms with Gasteiger partial charge in [-0.15, -0.1) is 0 Å². The number of nitrogens with zero attached hydrogens (tertiary/aromatic N) is 3. The molecule has 2 unspecified atom stereocenters. The van der Waals surface area contributed by atoms with Crippen LogP contribution in [0.3, 0.4) is 0 Å². The highest BCUT2D eigenvalue weighted by Crippen LogP contribution is 2.53. The highest BCUT2D eigenvalue weighted by Gasteiger charge is 2.57. The Labute approximate surface area is 151 Å². The van der Waals surface area contributed by atoms with Gasteiger partial charge >= 0.3 is 5.97 Å². The van der Waals surface area contributed by atoms with Crippen LogP contribution in [-0.2, 0) is 14.9 Å². The molecule has 26 heavy (non-hydrogen) atoms. The van der Waals surface area contributed by atoms with Crippen LogP contribution in [0.1, 0.15) is 49.2 Å². The number of carboxylic acids is 1. The van der Waals surface area contributed by atoms with Gasteiger partial charge in [0.2, 0.25) is 11.7 Å². The summed E-state index contributed by atoms with van der Waals surface area (Å²) in [5.74, 6) is -0.545. The predicted octanol–water partition coefficient (Wildman–Crippen LogP) is 2.05. The number of aromatic carboxylic acids is 1. The number of aromatic nitrogens is 3. The van der Waals surface area contributed by atoms with Crippen molar-refractivity contribution in [2.75, 3.05) is 20.3 Å². The molecule has 0 spiro atoms. The molecule has 1 aliphatic carbocycles. The topological polar surface area (TPSA) is 95.2 Å². The average Bonchev–Trinajstić information content (AvgIpc) is 3.25. The molecule has 0 aromatic carbocycles. The highest BCUT2D eigenvalue weighted by molar-refractivity contribution is 5.90. The first kappa shape index (κ1) is 17.2. The van der Waals surface area contributed by atoms with Gasteiger partial charge in [0.25, 0.3) is 0 Å². The van der Waals surface area contributed by atoms with E-state index in [2.05, 4.69) is 9.97 Å². The molecular formula is C18H23N3O5. The van der Waals surface area contributed by atoms with Gasteiger partial charge < -0.3 is 19.3 Å². The van der Waals surface area contributed by atoms with Crippen molar-refractivity contribution in [3.63, 3.8) is 0 Å². The second kappa shape index (κ2) is 5.92. The van der Waals surface area contributed by atoms with Crippen LogP contribution in [0, 0.1) is 0 Å². The minimum Gasteiger partial charge on any atom is -0.477 e. The fourth-order valence-corrected chi connectivity index (χ4v) is 4.14. The molecule has 2 bridgehead atoms. The third-order valence-electron chi connectivity index (χ3n) is 5.32. The van der Waals surface area contributed by atoms with Gasteiger partial charge in [-0.2, -0.15) is 4.98 Å². The lowest BCUT2D eigenvalue weighted by atomic mass is 9.84. The van der Waals surface area contributed by atoms with Crippen LogP contribution < -0.4 is 4.74 Å². The molecule has 1 saturated carbocycles. The molecule has 0 radical (unpaired) electrons. The summed E-state index contributed by atoms with van der Waals surface area (Å²) in [5, 5.41) is 9.47. The summed E-state index contributed by atoms with van der Waals surface area (Å²) in [7, 11) is 1.69. The van der Waals surface area contributed by atoms with Gasteiger partial charge in [0.05, 0.1) is 30.6 Å². The second-order valence-electron chi connectivity index (χ2n) is 7.63. The molecule has 2 aromatic heterocycles. The summed E-state index contributed by atoms with van der Waals surface area (Å²) >= 11 is 0. The number of fused-ring (bicyclic) bond motifs is 3. The van der Waals surface area contributed by atoms with E-state index >= 15 is 0 Å². The Morgan fingerprint density at radius 3 is 2.81 bits per heavy atom. The maximum absolute atomic E-state index is 11.6. The standard InChI is InChI=1S/C18H23N3O5/c1-11(2)26-14-12(15(22)23)6-21-7-13(19-16(21)20-14)17-4-5-18(8-17,10-24-3)25-9-17/h6-7,11H,4-5,8-10H2,1-3H3,(H,22,23). The molecule has 2 aromatic rings. The van der Waals surface area contributed by atoms with Gasteiger partial charge in [0.15, 0.2) is 0 Å². The molecule has 3 heterocycles. The third-order valence-corrected chi connectivity index (χ3v) is 5.32. The molecule has 8 nitrogen and oxygen atoms in total. The van der Waals surface area contributed by atoms with Gasteiger partial charge in [0.1, 0.15) is 5.56 Å². The number of imidazole rings is 1. The normalized spacial score (nSPS) is 27.5. The van der Waals surface area contributed by atoms with Crippen LogP contribution >= 0.6 is 0 Å². The van der Waals surface area contributed by atoms with Crippen molar-refractivity contribution < 1.29 is 24.1 Å². The quantitative estimate of drug-likeness (QED) is 0.841. The van der Waals surface area contributed by atoms with Gasteiger partial charge in [-0.1, -0.05) is 0 Å². The van der Waals surface area contributed by atoms with E-state index in [0.717, 1.165) is 25.0 Å². The lowest BCUT2D eigenvalue weighted by Gasteiger charge is -2.27. The molecule has 1 saturated heterocycles. The Kier molecular flexibility index (Phi) is 3.92. The lowest BCUT2D eigenvalue weighted by molar-refractivity contribution is -0.0659. The van der Waals surface area contributed by atoms with Crippen LogP contribution in [0.5, 0.6) is 5.88 Å². The van der Waals surface area contributed by atoms with E-state index in [4.69, 9.17) is 14.2 Å². The Morgan fingerprint density at radius 2 is 2.19 bits per heavy atom. The highest BCUT2D eigenvalue weighted by atomic mass is 16.5. The molecule has 2 aliphatic rings. The van der Waals surface area contributed by atoms with Crippen molar-refractivity contribution >= 4 is 11.7 Å². The number of hydrogen-bond acceptors (Lipinski definition) is 6. The molecule has 8 heteroatoms. The van der Waals surface area contributed by atoms with Gasteiger partial charge in [-0.25, -0.2) is 9.78 Å². The first-order valence-corrected chi connectivity index (χ1v) is 8.80. The maximum Gasteiger partial charge on any atom is 0.342 e. The molecule has 2 atom stereocenters. The van der Waals surface area contributed by atoms with E-state index in [1.165, 1.54) is 6.20 Å². The van der Waals surface area contributed by atoms with Crippen molar-refractivity contribution in [1.82, 2.24) is 14.4 Å². The maximum atomic E-state index is 11.6. The number of rotatable bonds is 6. The molecule has 2 fully saturated rings. The fourth-order valence-electron chi connectivity index (χ4n) is 4.14. The molecular weight excluding hydrogens is 338 g/mol. The summed E-state index contributed by atoms with van der Waals surface area (Å²) in [5.41, 5.74) is 0.527. The molecule has 140 valence electrons. The van der Waals surface area contributed by atoms with Gasteiger partial charge in [-0.3, -0.25) is 4.40 Å². The van der Waals surface area contributed by atoms with Crippen LogP contribution in [0.2, 0.25) is 0 Å². The van der Waals surface area contributed by atoms with E-state index in [9.17, 15) is 9.90 Å². The zero-order valence-corrected chi connectivity index (χ0v) is 15.2. The summed E-state index contributed by atoms with van der Waals surface area (Å²) in [6.45, 7) is 4.84. The zero-order valence-electron chi connectivity index (χ0n) is 15.2. The van der Waals surface area contributed by atoms with E-state index in [-0.39, 0.29) is 28.6 Å². The first-order valence-electron chi connectivity index (χ1n) is 8.80. The van der Waals surface area contributed by atoms with Crippen LogP contribution in [0.25, 0.3) is 5.78 Å². The summed E-state index contributed by atoms with van der Waals surface area (Å²) < 4.78 is 18.6. The van der Waals surface area contributed by atoms with Crippen molar-refractivity contribution in [1.29, 1.82) is 0 Å². The van der Waals surface area contributed by atoms with Crippen molar-refractivity contribution in [3.8, 4) is 5.88 Å².